The summed E-state index contributed by atoms with van der Waals surface area (Å²) in [5.74, 6) is 0.238. The molecule has 1 aliphatic heterocycles. The molecule has 0 aliphatic carbocycles. The zero-order valence-corrected chi connectivity index (χ0v) is 12.2. The van der Waals surface area contributed by atoms with Crippen LogP contribution in [0.2, 0.25) is 0 Å². The molecule has 2 rings (SSSR count). The summed E-state index contributed by atoms with van der Waals surface area (Å²) < 4.78 is 0. The molecule has 0 atom stereocenters. The van der Waals surface area contributed by atoms with Crippen molar-refractivity contribution >= 4 is 5.91 Å². The van der Waals surface area contributed by atoms with Crippen LogP contribution in [0.4, 0.5) is 0 Å². The van der Waals surface area contributed by atoms with Crippen LogP contribution in [0.15, 0.2) is 24.3 Å². The Balaban J connectivity index is 2.02. The second-order valence-corrected chi connectivity index (χ2v) is 6.32. The molecule has 1 fully saturated rings. The molecule has 0 bridgehead atoms. The third-order valence-electron chi connectivity index (χ3n) is 3.57. The third kappa shape index (κ3) is 4.06. The Hall–Kier alpha value is -1.35. The molecule has 0 unspecified atom stereocenters. The van der Waals surface area contributed by atoms with E-state index in [0.29, 0.717) is 6.42 Å². The van der Waals surface area contributed by atoms with Gasteiger partial charge in [0.2, 0.25) is 5.91 Å². The van der Waals surface area contributed by atoms with Gasteiger partial charge in [-0.05, 0) is 17.9 Å². The highest BCUT2D eigenvalue weighted by Gasteiger charge is 2.27. The fourth-order valence-electron chi connectivity index (χ4n) is 2.61. The van der Waals surface area contributed by atoms with Gasteiger partial charge in [0.15, 0.2) is 0 Å². The van der Waals surface area contributed by atoms with Crippen LogP contribution < -0.4 is 5.32 Å². The third-order valence-corrected chi connectivity index (χ3v) is 3.57. The normalized spacial score (nSPS) is 19.0. The highest BCUT2D eigenvalue weighted by Crippen LogP contribution is 2.18. The molecule has 1 amide bonds. The summed E-state index contributed by atoms with van der Waals surface area (Å²) >= 11 is 0. The quantitative estimate of drug-likeness (QED) is 0.882. The summed E-state index contributed by atoms with van der Waals surface area (Å²) in [5, 5.41) is 3.40. The lowest BCUT2D eigenvalue weighted by molar-refractivity contribution is -0.131. The van der Waals surface area contributed by atoms with Crippen molar-refractivity contribution in [3.8, 4) is 0 Å². The molecule has 0 spiro atoms. The second-order valence-electron chi connectivity index (χ2n) is 6.32. The number of rotatable bonds is 2. The van der Waals surface area contributed by atoms with Crippen molar-refractivity contribution in [3.05, 3.63) is 35.4 Å². The fourth-order valence-corrected chi connectivity index (χ4v) is 2.61. The number of nitrogens with one attached hydrogen (secondary N) is 1. The molecular formula is C16H24N2O. The first-order chi connectivity index (χ1) is 8.96. The Morgan fingerprint density at radius 3 is 2.95 bits per heavy atom. The molecule has 1 aliphatic rings. The summed E-state index contributed by atoms with van der Waals surface area (Å²) in [7, 11) is 0. The van der Waals surface area contributed by atoms with E-state index >= 15 is 0 Å². The van der Waals surface area contributed by atoms with E-state index in [1.165, 1.54) is 5.56 Å². The summed E-state index contributed by atoms with van der Waals surface area (Å²) in [5.41, 5.74) is 2.47. The van der Waals surface area contributed by atoms with E-state index in [1.54, 1.807) is 0 Å². The lowest BCUT2D eigenvalue weighted by atomic mass is 9.93. The van der Waals surface area contributed by atoms with Gasteiger partial charge in [-0.2, -0.15) is 0 Å². The first-order valence-corrected chi connectivity index (χ1v) is 7.00. The highest BCUT2D eigenvalue weighted by molar-refractivity contribution is 5.79. The number of amides is 1. The lowest BCUT2D eigenvalue weighted by Gasteiger charge is -2.29. The van der Waals surface area contributed by atoms with Crippen LogP contribution in [0.3, 0.4) is 0 Å². The van der Waals surface area contributed by atoms with Gasteiger partial charge in [-0.1, -0.05) is 43.7 Å². The maximum absolute atomic E-state index is 12.4. The van der Waals surface area contributed by atoms with Gasteiger partial charge in [0.1, 0.15) is 0 Å². The number of hydrogen-bond donors (Lipinski definition) is 1. The van der Waals surface area contributed by atoms with E-state index in [4.69, 9.17) is 0 Å². The molecule has 1 aromatic rings. The second kappa shape index (κ2) is 5.74. The maximum Gasteiger partial charge on any atom is 0.227 e. The van der Waals surface area contributed by atoms with Crippen molar-refractivity contribution in [2.45, 2.75) is 27.2 Å². The van der Waals surface area contributed by atoms with Crippen LogP contribution in [-0.2, 0) is 11.2 Å². The predicted octanol–water partition coefficient (Wildman–Crippen LogP) is 2.00. The van der Waals surface area contributed by atoms with Gasteiger partial charge in [-0.3, -0.25) is 4.79 Å². The molecule has 0 radical (unpaired) electrons. The summed E-state index contributed by atoms with van der Waals surface area (Å²) in [6.45, 7) is 9.99. The van der Waals surface area contributed by atoms with Gasteiger partial charge in [0.25, 0.3) is 0 Å². The minimum atomic E-state index is 0.152. The number of benzene rings is 1. The van der Waals surface area contributed by atoms with E-state index in [1.807, 2.05) is 17.0 Å². The lowest BCUT2D eigenvalue weighted by Crippen LogP contribution is -2.39. The highest BCUT2D eigenvalue weighted by atomic mass is 16.2. The number of carbonyl (C=O) groups excluding carboxylic acids is 1. The van der Waals surface area contributed by atoms with Crippen molar-refractivity contribution in [2.24, 2.45) is 5.41 Å². The topological polar surface area (TPSA) is 32.3 Å². The monoisotopic (exact) mass is 260 g/mol. The summed E-state index contributed by atoms with van der Waals surface area (Å²) in [4.78, 5) is 14.4. The van der Waals surface area contributed by atoms with Gasteiger partial charge in [0, 0.05) is 26.2 Å². The first kappa shape index (κ1) is 14.1. The fraction of sp³-hybridized carbons (Fsp3) is 0.562. The molecule has 19 heavy (non-hydrogen) atoms. The molecule has 104 valence electrons. The molecule has 1 heterocycles. The molecule has 3 heteroatoms. The molecule has 1 saturated heterocycles. The van der Waals surface area contributed by atoms with E-state index in [9.17, 15) is 4.79 Å². The van der Waals surface area contributed by atoms with Crippen molar-refractivity contribution in [1.82, 2.24) is 10.2 Å². The van der Waals surface area contributed by atoms with Crippen molar-refractivity contribution in [3.63, 3.8) is 0 Å². The van der Waals surface area contributed by atoms with Gasteiger partial charge in [-0.25, -0.2) is 0 Å². The van der Waals surface area contributed by atoms with Crippen LogP contribution in [0.1, 0.15) is 25.0 Å². The minimum absolute atomic E-state index is 0.152. The largest absolute Gasteiger partial charge is 0.341 e. The smallest absolute Gasteiger partial charge is 0.227 e. The Kier molecular flexibility index (Phi) is 4.25. The zero-order chi connectivity index (χ0) is 13.9. The zero-order valence-electron chi connectivity index (χ0n) is 12.2. The van der Waals surface area contributed by atoms with E-state index < -0.39 is 0 Å². The number of hydrogen-bond acceptors (Lipinski definition) is 2. The average molecular weight is 260 g/mol. The minimum Gasteiger partial charge on any atom is -0.341 e. The standard InChI is InChI=1S/C16H24N2O/c1-13-5-4-6-14(9-13)10-15(19)18-8-7-17-11-16(2,3)12-18/h4-6,9,17H,7-8,10-12H2,1-3H3. The first-order valence-electron chi connectivity index (χ1n) is 7.00. The van der Waals surface area contributed by atoms with Gasteiger partial charge < -0.3 is 10.2 Å². The molecular weight excluding hydrogens is 236 g/mol. The Bertz CT molecular complexity index is 454. The van der Waals surface area contributed by atoms with Crippen LogP contribution in [0.5, 0.6) is 0 Å². The predicted molar refractivity (Wildman–Crippen MR) is 78.1 cm³/mol. The Morgan fingerprint density at radius 1 is 1.42 bits per heavy atom. The van der Waals surface area contributed by atoms with Gasteiger partial charge in [-0.15, -0.1) is 0 Å². The SMILES string of the molecule is Cc1cccc(CC(=O)N2CCNCC(C)(C)C2)c1. The number of nitrogens with zero attached hydrogens (tertiary/aromatic N) is 1. The average Bonchev–Trinajstić information content (AvgIpc) is 2.50. The van der Waals surface area contributed by atoms with Crippen molar-refractivity contribution in [1.29, 1.82) is 0 Å². The van der Waals surface area contributed by atoms with Crippen LogP contribution >= 0.6 is 0 Å². The molecule has 1 aromatic carbocycles. The van der Waals surface area contributed by atoms with Crippen LogP contribution in [0, 0.1) is 12.3 Å². The number of aryl methyl sites for hydroxylation is 1. The Morgan fingerprint density at radius 2 is 2.21 bits per heavy atom. The maximum atomic E-state index is 12.4. The van der Waals surface area contributed by atoms with Gasteiger partial charge >= 0.3 is 0 Å². The summed E-state index contributed by atoms with van der Waals surface area (Å²) in [6.07, 6.45) is 0.512. The van der Waals surface area contributed by atoms with Crippen LogP contribution in [-0.4, -0.2) is 37.0 Å². The van der Waals surface area contributed by atoms with Crippen LogP contribution in [0.25, 0.3) is 0 Å². The van der Waals surface area contributed by atoms with E-state index in [0.717, 1.165) is 31.7 Å². The summed E-state index contributed by atoms with van der Waals surface area (Å²) in [6, 6.07) is 8.21. The van der Waals surface area contributed by atoms with E-state index in [2.05, 4.69) is 38.2 Å². The molecule has 3 nitrogen and oxygen atoms in total. The van der Waals surface area contributed by atoms with Crippen molar-refractivity contribution < 1.29 is 4.79 Å². The van der Waals surface area contributed by atoms with E-state index in [-0.39, 0.29) is 11.3 Å². The number of carbonyl (C=O) groups is 1. The molecule has 0 saturated carbocycles. The molecule has 0 aromatic heterocycles. The molecule has 1 N–H and O–H groups in total. The Labute approximate surface area is 116 Å². The van der Waals surface area contributed by atoms with Crippen molar-refractivity contribution in [2.75, 3.05) is 26.2 Å². The van der Waals surface area contributed by atoms with Gasteiger partial charge in [0.05, 0.1) is 6.42 Å².